The van der Waals surface area contributed by atoms with E-state index in [1.807, 2.05) is 77.8 Å². The molecular weight excluding hydrogens is 539 g/mol. The van der Waals surface area contributed by atoms with E-state index >= 15 is 0 Å². The zero-order valence-corrected chi connectivity index (χ0v) is 22.9. The van der Waals surface area contributed by atoms with Crippen molar-refractivity contribution < 1.29 is 4.79 Å². The molecule has 0 bridgehead atoms. The fourth-order valence-corrected chi connectivity index (χ4v) is 5.27. The first-order chi connectivity index (χ1) is 17.7. The Morgan fingerprint density at radius 2 is 1.71 bits per heavy atom. The molecule has 1 N–H and O–H groups in total. The van der Waals surface area contributed by atoms with Crippen molar-refractivity contribution in [2.45, 2.75) is 13.1 Å². The number of hydrogen-bond acceptors (Lipinski definition) is 3. The number of fused-ring (bicyclic) bond motifs is 2. The van der Waals surface area contributed by atoms with Gasteiger partial charge in [0, 0.05) is 47.7 Å². The molecule has 1 amide bonds. The molecule has 0 saturated heterocycles. The van der Waals surface area contributed by atoms with Crippen LogP contribution in [0.3, 0.4) is 0 Å². The Labute approximate surface area is 239 Å². The minimum absolute atomic E-state index is 0. The third-order valence-electron chi connectivity index (χ3n) is 6.83. The van der Waals surface area contributed by atoms with E-state index < -0.39 is 0 Å². The first-order valence-electron chi connectivity index (χ1n) is 12.0. The predicted molar refractivity (Wildman–Crippen MR) is 160 cm³/mol. The van der Waals surface area contributed by atoms with Crippen LogP contribution >= 0.6 is 36.4 Å². The van der Waals surface area contributed by atoms with Crippen LogP contribution in [-0.4, -0.2) is 33.9 Å². The first kappa shape index (κ1) is 27.5. The monoisotopic (exact) mass is 564 g/mol. The van der Waals surface area contributed by atoms with Gasteiger partial charge >= 0.3 is 0 Å². The number of H-pyrrole nitrogens is 1. The van der Waals surface area contributed by atoms with E-state index in [0.717, 1.165) is 44.4 Å². The van der Waals surface area contributed by atoms with Gasteiger partial charge in [-0.05, 0) is 46.2 Å². The molecule has 0 spiro atoms. The van der Waals surface area contributed by atoms with Crippen molar-refractivity contribution in [3.05, 3.63) is 119 Å². The Hall–Kier alpha value is -3.51. The summed E-state index contributed by atoms with van der Waals surface area (Å²) in [6.45, 7) is 2.55. The molecule has 5 aromatic rings. The number of hydrogen-bond donors (Lipinski definition) is 1. The Bertz CT molecular complexity index is 1550. The molecule has 1 aliphatic heterocycles. The van der Waals surface area contributed by atoms with Crippen LogP contribution in [0.1, 0.15) is 21.6 Å². The second-order valence-electron chi connectivity index (χ2n) is 9.08. The molecule has 0 saturated carbocycles. The van der Waals surface area contributed by atoms with Crippen LogP contribution in [-0.2, 0) is 13.1 Å². The van der Waals surface area contributed by atoms with Crippen molar-refractivity contribution in [2.24, 2.45) is 0 Å². The van der Waals surface area contributed by atoms with E-state index in [2.05, 4.69) is 33.1 Å². The van der Waals surface area contributed by atoms with Crippen molar-refractivity contribution in [1.82, 2.24) is 14.9 Å². The van der Waals surface area contributed by atoms with Crippen LogP contribution in [0, 0.1) is 0 Å². The summed E-state index contributed by atoms with van der Waals surface area (Å²) in [7, 11) is 0. The van der Waals surface area contributed by atoms with Crippen molar-refractivity contribution in [3.8, 4) is 11.1 Å². The number of carbonyl (C=O) groups is 1. The Morgan fingerprint density at radius 3 is 2.53 bits per heavy atom. The minimum Gasteiger partial charge on any atom is -0.364 e. The van der Waals surface area contributed by atoms with E-state index in [0.29, 0.717) is 31.2 Å². The van der Waals surface area contributed by atoms with Gasteiger partial charge in [-0.25, -0.2) is 4.98 Å². The highest BCUT2D eigenvalue weighted by Crippen LogP contribution is 2.34. The normalized spacial score (nSPS) is 12.8. The highest BCUT2D eigenvalue weighted by molar-refractivity contribution is 6.33. The van der Waals surface area contributed by atoms with Crippen LogP contribution < -0.4 is 4.90 Å². The van der Waals surface area contributed by atoms with Crippen molar-refractivity contribution in [2.75, 3.05) is 18.0 Å². The van der Waals surface area contributed by atoms with Crippen LogP contribution in [0.25, 0.3) is 21.9 Å². The fraction of sp³-hybridized carbons (Fsp3) is 0.133. The zero-order chi connectivity index (χ0) is 24.5. The average molecular weight is 566 g/mol. The van der Waals surface area contributed by atoms with E-state index in [9.17, 15) is 4.79 Å². The second-order valence-corrected chi connectivity index (χ2v) is 9.48. The predicted octanol–water partition coefficient (Wildman–Crippen LogP) is 7.39. The van der Waals surface area contributed by atoms with Gasteiger partial charge in [0.25, 0.3) is 5.91 Å². The molecule has 2 heterocycles. The van der Waals surface area contributed by atoms with Crippen molar-refractivity contribution >= 4 is 58.8 Å². The van der Waals surface area contributed by atoms with Gasteiger partial charge in [0.2, 0.25) is 0 Å². The van der Waals surface area contributed by atoms with Gasteiger partial charge in [-0.2, -0.15) is 0 Å². The lowest BCUT2D eigenvalue weighted by atomic mass is 10.0. The first-order valence-corrected chi connectivity index (χ1v) is 12.4. The number of amides is 1. The van der Waals surface area contributed by atoms with Gasteiger partial charge in [0.1, 0.15) is 0 Å². The summed E-state index contributed by atoms with van der Waals surface area (Å²) in [5, 5.41) is 2.76. The number of carbonyl (C=O) groups excluding carboxylic acids is 1. The maximum atomic E-state index is 13.9. The van der Waals surface area contributed by atoms with Gasteiger partial charge in [-0.3, -0.25) is 4.79 Å². The molecule has 0 aliphatic carbocycles. The molecule has 194 valence electrons. The van der Waals surface area contributed by atoms with Gasteiger partial charge < -0.3 is 14.8 Å². The minimum atomic E-state index is 0. The summed E-state index contributed by atoms with van der Waals surface area (Å²) >= 11 is 6.53. The Kier molecular flexibility index (Phi) is 8.62. The summed E-state index contributed by atoms with van der Waals surface area (Å²) in [4.78, 5) is 25.5. The molecule has 38 heavy (non-hydrogen) atoms. The molecule has 1 aliphatic rings. The number of imidazole rings is 1. The molecular formula is C30H27Cl3N4O. The van der Waals surface area contributed by atoms with Gasteiger partial charge in [-0.15, -0.1) is 24.8 Å². The fourth-order valence-electron chi connectivity index (χ4n) is 5.03. The SMILES string of the molecule is Cl.Cl.O=C(c1cccc2ccccc12)N1CCN(Cc2cnc[nH]2)c2ccc(-c3ccccc3Cl)cc2C1. The number of nitrogens with one attached hydrogen (secondary N) is 1. The van der Waals surface area contributed by atoms with Crippen LogP contribution in [0.2, 0.25) is 5.02 Å². The van der Waals surface area contributed by atoms with Gasteiger partial charge in [-0.1, -0.05) is 72.3 Å². The molecule has 0 fully saturated rings. The lowest BCUT2D eigenvalue weighted by Crippen LogP contribution is -2.35. The summed E-state index contributed by atoms with van der Waals surface area (Å²) in [6, 6.07) is 28.3. The zero-order valence-electron chi connectivity index (χ0n) is 20.5. The lowest BCUT2D eigenvalue weighted by Gasteiger charge is -2.24. The number of benzene rings is 4. The summed E-state index contributed by atoms with van der Waals surface area (Å²) < 4.78 is 0. The molecule has 0 atom stereocenters. The third-order valence-corrected chi connectivity index (χ3v) is 7.16. The number of nitrogens with zero attached hydrogens (tertiary/aromatic N) is 3. The topological polar surface area (TPSA) is 52.2 Å². The van der Waals surface area contributed by atoms with Crippen molar-refractivity contribution in [3.63, 3.8) is 0 Å². The maximum Gasteiger partial charge on any atom is 0.254 e. The summed E-state index contributed by atoms with van der Waals surface area (Å²) in [6.07, 6.45) is 3.55. The van der Waals surface area contributed by atoms with Gasteiger partial charge in [0.05, 0.1) is 18.6 Å². The summed E-state index contributed by atoms with van der Waals surface area (Å²) in [5.74, 6) is 0.0456. The van der Waals surface area contributed by atoms with Gasteiger partial charge in [0.15, 0.2) is 0 Å². The highest BCUT2D eigenvalue weighted by Gasteiger charge is 2.25. The number of rotatable bonds is 4. The lowest BCUT2D eigenvalue weighted by molar-refractivity contribution is 0.0753. The number of halogens is 3. The van der Waals surface area contributed by atoms with E-state index in [4.69, 9.17) is 11.6 Å². The second kappa shape index (κ2) is 11.9. The highest BCUT2D eigenvalue weighted by atomic mass is 35.5. The molecule has 6 rings (SSSR count). The van der Waals surface area contributed by atoms with E-state index in [1.54, 1.807) is 6.33 Å². The molecule has 5 nitrogen and oxygen atoms in total. The average Bonchev–Trinajstić information content (AvgIpc) is 3.36. The standard InChI is InChI=1S/C30H25ClN4O.2ClH/c31-28-11-4-3-9-26(28)22-12-13-29-23(16-22)18-35(15-14-34(29)19-24-17-32-20-33-24)30(36)27-10-5-7-21-6-1-2-8-25(21)27;;/h1-13,16-17,20H,14-15,18-19H2,(H,32,33);2*1H. The number of aromatic nitrogens is 2. The van der Waals surface area contributed by atoms with Crippen LogP contribution in [0.5, 0.6) is 0 Å². The van der Waals surface area contributed by atoms with E-state index in [1.165, 1.54) is 0 Å². The number of aromatic amines is 1. The van der Waals surface area contributed by atoms with E-state index in [-0.39, 0.29) is 30.7 Å². The molecule has 1 aromatic heterocycles. The third kappa shape index (κ3) is 5.37. The Morgan fingerprint density at radius 1 is 0.921 bits per heavy atom. The Balaban J connectivity index is 0.00000168. The maximum absolute atomic E-state index is 13.9. The van der Waals surface area contributed by atoms with Crippen molar-refractivity contribution in [1.29, 1.82) is 0 Å². The molecule has 4 aromatic carbocycles. The molecule has 0 unspecified atom stereocenters. The largest absolute Gasteiger partial charge is 0.364 e. The smallest absolute Gasteiger partial charge is 0.254 e. The van der Waals surface area contributed by atoms with Crippen LogP contribution in [0.4, 0.5) is 5.69 Å². The molecule has 0 radical (unpaired) electrons. The van der Waals surface area contributed by atoms with Crippen LogP contribution in [0.15, 0.2) is 97.5 Å². The molecule has 8 heteroatoms. The number of anilines is 1. The quantitative estimate of drug-likeness (QED) is 0.247. The summed E-state index contributed by atoms with van der Waals surface area (Å²) in [5.41, 5.74) is 6.01.